The van der Waals surface area contributed by atoms with Crippen LogP contribution in [0.25, 0.3) is 0 Å². The molecule has 0 radical (unpaired) electrons. The topological polar surface area (TPSA) is 66.9 Å². The first-order valence-corrected chi connectivity index (χ1v) is 9.65. The summed E-state index contributed by atoms with van der Waals surface area (Å²) in [5, 5.41) is 0. The largest absolute Gasteiger partial charge is 0.493 e. The van der Waals surface area contributed by atoms with Crippen LogP contribution in [0.5, 0.6) is 5.75 Å². The van der Waals surface area contributed by atoms with E-state index < -0.39 is 10.0 Å². The second-order valence-corrected chi connectivity index (χ2v) is 8.12. The van der Waals surface area contributed by atoms with Crippen molar-refractivity contribution >= 4 is 15.9 Å². The van der Waals surface area contributed by atoms with Gasteiger partial charge in [-0.2, -0.15) is 4.31 Å². The number of sulfonamides is 1. The van der Waals surface area contributed by atoms with E-state index in [4.69, 9.17) is 4.74 Å². The number of benzene rings is 1. The molecule has 1 fully saturated rings. The lowest BCUT2D eigenvalue weighted by atomic mass is 10.0. The first-order chi connectivity index (χ1) is 11.0. The highest BCUT2D eigenvalue weighted by molar-refractivity contribution is 7.89. The molecule has 0 aromatic heterocycles. The molecule has 0 spiro atoms. The molecule has 0 saturated carbocycles. The third kappa shape index (κ3) is 3.35. The normalized spacial score (nSPS) is 19.1. The van der Waals surface area contributed by atoms with Gasteiger partial charge in [0, 0.05) is 31.7 Å². The molecule has 3 rings (SSSR count). The molecule has 0 unspecified atom stereocenters. The number of fused-ring (bicyclic) bond motifs is 1. The highest BCUT2D eigenvalue weighted by atomic mass is 32.2. The van der Waals surface area contributed by atoms with Crippen LogP contribution in [-0.4, -0.2) is 62.1 Å². The molecule has 1 aromatic carbocycles. The van der Waals surface area contributed by atoms with Gasteiger partial charge in [-0.25, -0.2) is 8.42 Å². The molecule has 2 aliphatic heterocycles. The van der Waals surface area contributed by atoms with Crippen LogP contribution in [0.4, 0.5) is 0 Å². The van der Waals surface area contributed by atoms with Gasteiger partial charge in [0.1, 0.15) is 5.75 Å². The lowest BCUT2D eigenvalue weighted by molar-refractivity contribution is 0.0697. The Morgan fingerprint density at radius 1 is 1.22 bits per heavy atom. The first-order valence-electron chi connectivity index (χ1n) is 8.04. The van der Waals surface area contributed by atoms with Crippen molar-refractivity contribution < 1.29 is 17.9 Å². The summed E-state index contributed by atoms with van der Waals surface area (Å²) in [6.07, 6.45) is 1.90. The van der Waals surface area contributed by atoms with Gasteiger partial charge in [-0.1, -0.05) is 0 Å². The Hall–Kier alpha value is -1.60. The number of rotatable bonds is 3. The lowest BCUT2D eigenvalue weighted by Crippen LogP contribution is -2.50. The Morgan fingerprint density at radius 3 is 2.65 bits per heavy atom. The zero-order valence-corrected chi connectivity index (χ0v) is 14.1. The van der Waals surface area contributed by atoms with Gasteiger partial charge in [0.05, 0.1) is 12.4 Å². The maximum absolute atomic E-state index is 12.6. The number of hydrogen-bond acceptors (Lipinski definition) is 4. The summed E-state index contributed by atoms with van der Waals surface area (Å²) < 4.78 is 30.8. The van der Waals surface area contributed by atoms with Gasteiger partial charge in [0.25, 0.3) is 5.91 Å². The molecule has 2 aliphatic rings. The zero-order chi connectivity index (χ0) is 16.4. The standard InChI is InChI=1S/C16H22N2O4S/c1-2-23(20,21)18-9-7-17(8-10-18)16(19)14-5-6-15-13(12-14)4-3-11-22-15/h5-6,12H,2-4,7-11H2,1H3. The summed E-state index contributed by atoms with van der Waals surface area (Å²) in [4.78, 5) is 14.4. The summed E-state index contributed by atoms with van der Waals surface area (Å²) in [5.74, 6) is 0.935. The number of hydrogen-bond donors (Lipinski definition) is 0. The fraction of sp³-hybridized carbons (Fsp3) is 0.562. The molecule has 1 aromatic rings. The number of carbonyl (C=O) groups is 1. The number of nitrogens with zero attached hydrogens (tertiary/aromatic N) is 2. The molecule has 0 N–H and O–H groups in total. The van der Waals surface area contributed by atoms with Crippen molar-refractivity contribution in [2.24, 2.45) is 0 Å². The van der Waals surface area contributed by atoms with E-state index in [0.717, 1.165) is 30.8 Å². The molecule has 0 aliphatic carbocycles. The maximum atomic E-state index is 12.6. The second-order valence-electron chi connectivity index (χ2n) is 5.87. The fourth-order valence-corrected chi connectivity index (χ4v) is 4.11. The minimum atomic E-state index is -3.17. The van der Waals surface area contributed by atoms with Crippen molar-refractivity contribution in [3.63, 3.8) is 0 Å². The van der Waals surface area contributed by atoms with Crippen molar-refractivity contribution in [3.05, 3.63) is 29.3 Å². The van der Waals surface area contributed by atoms with E-state index in [9.17, 15) is 13.2 Å². The molecule has 0 atom stereocenters. The highest BCUT2D eigenvalue weighted by Crippen LogP contribution is 2.26. The minimum Gasteiger partial charge on any atom is -0.493 e. The molecule has 1 saturated heterocycles. The zero-order valence-electron chi connectivity index (χ0n) is 13.3. The molecule has 23 heavy (non-hydrogen) atoms. The van der Waals surface area contributed by atoms with Gasteiger partial charge in [-0.15, -0.1) is 0 Å². The van der Waals surface area contributed by atoms with Crippen molar-refractivity contribution in [3.8, 4) is 5.75 Å². The number of ether oxygens (including phenoxy) is 1. The SMILES string of the molecule is CCS(=O)(=O)N1CCN(C(=O)c2ccc3c(c2)CCCO3)CC1. The van der Waals surface area contributed by atoms with Crippen molar-refractivity contribution in [1.29, 1.82) is 0 Å². The minimum absolute atomic E-state index is 0.0353. The molecule has 126 valence electrons. The summed E-state index contributed by atoms with van der Waals surface area (Å²) >= 11 is 0. The Morgan fingerprint density at radius 2 is 1.96 bits per heavy atom. The van der Waals surface area contributed by atoms with Crippen LogP contribution in [0.15, 0.2) is 18.2 Å². The van der Waals surface area contributed by atoms with Gasteiger partial charge in [-0.05, 0) is 43.5 Å². The lowest BCUT2D eigenvalue weighted by Gasteiger charge is -2.34. The summed E-state index contributed by atoms with van der Waals surface area (Å²) in [7, 11) is -3.17. The van der Waals surface area contributed by atoms with Crippen LogP contribution in [0, 0.1) is 0 Å². The number of piperazine rings is 1. The van der Waals surface area contributed by atoms with E-state index in [1.165, 1.54) is 4.31 Å². The summed E-state index contributed by atoms with van der Waals surface area (Å²) in [6, 6.07) is 5.56. The van der Waals surface area contributed by atoms with E-state index in [1.807, 2.05) is 12.1 Å². The molecule has 0 bridgehead atoms. The Labute approximate surface area is 137 Å². The molecule has 1 amide bonds. The van der Waals surface area contributed by atoms with Crippen molar-refractivity contribution in [2.45, 2.75) is 19.8 Å². The fourth-order valence-electron chi connectivity index (χ4n) is 3.03. The van der Waals surface area contributed by atoms with Gasteiger partial charge >= 0.3 is 0 Å². The maximum Gasteiger partial charge on any atom is 0.253 e. The van der Waals surface area contributed by atoms with E-state index in [1.54, 1.807) is 17.9 Å². The highest BCUT2D eigenvalue weighted by Gasteiger charge is 2.28. The summed E-state index contributed by atoms with van der Waals surface area (Å²) in [5.41, 5.74) is 1.73. The van der Waals surface area contributed by atoms with Crippen LogP contribution in [-0.2, 0) is 16.4 Å². The third-order valence-corrected chi connectivity index (χ3v) is 6.32. The molecule has 6 nitrogen and oxygen atoms in total. The summed E-state index contributed by atoms with van der Waals surface area (Å²) in [6.45, 7) is 3.99. The molecular weight excluding hydrogens is 316 g/mol. The Balaban J connectivity index is 1.68. The first kappa shape index (κ1) is 16.3. The van der Waals surface area contributed by atoms with Crippen LogP contribution < -0.4 is 4.74 Å². The van der Waals surface area contributed by atoms with E-state index >= 15 is 0 Å². The van der Waals surface area contributed by atoms with E-state index in [2.05, 4.69) is 0 Å². The molecule has 2 heterocycles. The van der Waals surface area contributed by atoms with Gasteiger partial charge in [-0.3, -0.25) is 4.79 Å². The quantitative estimate of drug-likeness (QED) is 0.828. The van der Waals surface area contributed by atoms with Gasteiger partial charge in [0.15, 0.2) is 0 Å². The number of carbonyl (C=O) groups excluding carboxylic acids is 1. The Kier molecular flexibility index (Phi) is 4.59. The second kappa shape index (κ2) is 6.49. The van der Waals surface area contributed by atoms with Crippen molar-refractivity contribution in [2.75, 3.05) is 38.5 Å². The van der Waals surface area contributed by atoms with Crippen LogP contribution in [0.2, 0.25) is 0 Å². The van der Waals surface area contributed by atoms with Gasteiger partial charge < -0.3 is 9.64 Å². The van der Waals surface area contributed by atoms with Crippen LogP contribution in [0.3, 0.4) is 0 Å². The average Bonchev–Trinajstić information content (AvgIpc) is 2.60. The monoisotopic (exact) mass is 338 g/mol. The predicted octanol–water partition coefficient (Wildman–Crippen LogP) is 1.12. The number of amides is 1. The number of aryl methyl sites for hydroxylation is 1. The van der Waals surface area contributed by atoms with E-state index in [-0.39, 0.29) is 11.7 Å². The smallest absolute Gasteiger partial charge is 0.253 e. The Bertz CT molecular complexity index is 694. The molecular formula is C16H22N2O4S. The third-order valence-electron chi connectivity index (χ3n) is 4.44. The van der Waals surface area contributed by atoms with Crippen LogP contribution in [0.1, 0.15) is 29.3 Å². The average molecular weight is 338 g/mol. The molecule has 7 heteroatoms. The predicted molar refractivity (Wildman–Crippen MR) is 87.2 cm³/mol. The van der Waals surface area contributed by atoms with Crippen LogP contribution >= 0.6 is 0 Å². The van der Waals surface area contributed by atoms with Crippen molar-refractivity contribution in [1.82, 2.24) is 9.21 Å². The van der Waals surface area contributed by atoms with E-state index in [0.29, 0.717) is 31.7 Å². The van der Waals surface area contributed by atoms with Gasteiger partial charge in [0.2, 0.25) is 10.0 Å².